The maximum atomic E-state index is 12.5. The molecule has 0 atom stereocenters. The zero-order chi connectivity index (χ0) is 16.7. The van der Waals surface area contributed by atoms with E-state index >= 15 is 0 Å². The van der Waals surface area contributed by atoms with Crippen molar-refractivity contribution in [1.82, 2.24) is 9.97 Å². The second-order valence-corrected chi connectivity index (χ2v) is 7.53. The minimum Gasteiger partial charge on any atom is -0.462 e. The SMILES string of the molecule is Cc1sc(-c2ccco2)nc1C(=O)Nc1nc2c(C)cccc2s1. The number of aromatic nitrogens is 2. The molecule has 4 aromatic rings. The van der Waals surface area contributed by atoms with Crippen molar-refractivity contribution in [3.05, 3.63) is 52.7 Å². The highest BCUT2D eigenvalue weighted by Gasteiger charge is 2.19. The van der Waals surface area contributed by atoms with E-state index in [-0.39, 0.29) is 5.91 Å². The number of rotatable bonds is 3. The van der Waals surface area contributed by atoms with Gasteiger partial charge < -0.3 is 4.42 Å². The number of hydrogen-bond acceptors (Lipinski definition) is 6. The Morgan fingerprint density at radius 2 is 2.00 bits per heavy atom. The molecule has 1 N–H and O–H groups in total. The van der Waals surface area contributed by atoms with Crippen molar-refractivity contribution in [3.63, 3.8) is 0 Å². The van der Waals surface area contributed by atoms with E-state index < -0.39 is 0 Å². The molecule has 0 aliphatic heterocycles. The number of carbonyl (C=O) groups excluding carboxylic acids is 1. The lowest BCUT2D eigenvalue weighted by Crippen LogP contribution is -2.13. The molecule has 1 aromatic carbocycles. The van der Waals surface area contributed by atoms with E-state index in [1.807, 2.05) is 38.1 Å². The second-order valence-electron chi connectivity index (χ2n) is 5.30. The number of hydrogen-bond donors (Lipinski definition) is 1. The number of amides is 1. The molecule has 0 fully saturated rings. The van der Waals surface area contributed by atoms with Gasteiger partial charge in [0.05, 0.1) is 16.5 Å². The maximum absolute atomic E-state index is 12.5. The molecule has 0 saturated heterocycles. The average molecular weight is 355 g/mol. The lowest BCUT2D eigenvalue weighted by Gasteiger charge is -1.98. The number of fused-ring (bicyclic) bond motifs is 1. The van der Waals surface area contributed by atoms with Gasteiger partial charge in [-0.15, -0.1) is 11.3 Å². The molecule has 0 bridgehead atoms. The van der Waals surface area contributed by atoms with Crippen LogP contribution in [0.25, 0.3) is 21.0 Å². The van der Waals surface area contributed by atoms with Crippen molar-refractivity contribution in [2.45, 2.75) is 13.8 Å². The summed E-state index contributed by atoms with van der Waals surface area (Å²) in [5, 5.41) is 4.13. The third-order valence-corrected chi connectivity index (χ3v) is 5.51. The van der Waals surface area contributed by atoms with Gasteiger partial charge in [-0.1, -0.05) is 23.5 Å². The number of nitrogens with zero attached hydrogens (tertiary/aromatic N) is 2. The lowest BCUT2D eigenvalue weighted by atomic mass is 10.2. The van der Waals surface area contributed by atoms with Gasteiger partial charge in [0.2, 0.25) is 0 Å². The Bertz CT molecular complexity index is 1030. The number of anilines is 1. The molecule has 0 unspecified atom stereocenters. The highest BCUT2D eigenvalue weighted by atomic mass is 32.1. The summed E-state index contributed by atoms with van der Waals surface area (Å²) in [6.45, 7) is 3.88. The first-order chi connectivity index (χ1) is 11.6. The van der Waals surface area contributed by atoms with Gasteiger partial charge in [-0.05, 0) is 37.6 Å². The first-order valence-corrected chi connectivity index (χ1v) is 8.94. The Balaban J connectivity index is 1.63. The first-order valence-electron chi connectivity index (χ1n) is 7.30. The predicted molar refractivity (Wildman–Crippen MR) is 96.9 cm³/mol. The van der Waals surface area contributed by atoms with Crippen LogP contribution in [0.5, 0.6) is 0 Å². The minimum atomic E-state index is -0.252. The zero-order valence-corrected chi connectivity index (χ0v) is 14.6. The van der Waals surface area contributed by atoms with Gasteiger partial charge in [-0.25, -0.2) is 9.97 Å². The van der Waals surface area contributed by atoms with E-state index in [4.69, 9.17) is 4.42 Å². The topological polar surface area (TPSA) is 68.0 Å². The van der Waals surface area contributed by atoms with E-state index in [1.165, 1.54) is 22.7 Å². The highest BCUT2D eigenvalue weighted by Crippen LogP contribution is 2.30. The second kappa shape index (κ2) is 5.85. The standard InChI is InChI=1S/C17H13N3O2S2/c1-9-5-3-7-12-13(9)19-17(24-12)20-15(21)14-10(2)23-16(18-14)11-6-4-8-22-11/h3-8H,1-2H3,(H,19,20,21). The Morgan fingerprint density at radius 1 is 1.12 bits per heavy atom. The number of nitrogens with one attached hydrogen (secondary N) is 1. The summed E-state index contributed by atoms with van der Waals surface area (Å²) in [5.74, 6) is 0.413. The maximum Gasteiger partial charge on any atom is 0.277 e. The van der Waals surface area contributed by atoms with Gasteiger partial charge in [-0.3, -0.25) is 10.1 Å². The summed E-state index contributed by atoms with van der Waals surface area (Å²) in [7, 11) is 0. The highest BCUT2D eigenvalue weighted by molar-refractivity contribution is 7.22. The molecule has 0 aliphatic carbocycles. The number of benzene rings is 1. The summed E-state index contributed by atoms with van der Waals surface area (Å²) in [6.07, 6.45) is 1.59. The molecule has 0 aliphatic rings. The van der Waals surface area contributed by atoms with Crippen LogP contribution in [-0.2, 0) is 0 Å². The van der Waals surface area contributed by atoms with Gasteiger partial charge in [0.25, 0.3) is 5.91 Å². The number of thiazole rings is 2. The third kappa shape index (κ3) is 2.61. The largest absolute Gasteiger partial charge is 0.462 e. The fourth-order valence-corrected chi connectivity index (χ4v) is 4.23. The monoisotopic (exact) mass is 355 g/mol. The molecular weight excluding hydrogens is 342 g/mol. The first kappa shape index (κ1) is 15.0. The quantitative estimate of drug-likeness (QED) is 0.568. The van der Waals surface area contributed by atoms with Gasteiger partial charge >= 0.3 is 0 Å². The molecule has 0 spiro atoms. The molecule has 3 heterocycles. The fourth-order valence-electron chi connectivity index (χ4n) is 2.41. The van der Waals surface area contributed by atoms with E-state index in [1.54, 1.807) is 12.3 Å². The third-order valence-electron chi connectivity index (χ3n) is 3.58. The van der Waals surface area contributed by atoms with Gasteiger partial charge in [0.15, 0.2) is 15.9 Å². The lowest BCUT2D eigenvalue weighted by molar-refractivity contribution is 0.102. The molecule has 5 nitrogen and oxygen atoms in total. The van der Waals surface area contributed by atoms with E-state index in [0.29, 0.717) is 21.6 Å². The van der Waals surface area contributed by atoms with Crippen molar-refractivity contribution in [2.75, 3.05) is 5.32 Å². The molecular formula is C17H13N3O2S2. The Kier molecular flexibility index (Phi) is 3.66. The van der Waals surface area contributed by atoms with Crippen molar-refractivity contribution in [2.24, 2.45) is 0 Å². The van der Waals surface area contributed by atoms with E-state index in [2.05, 4.69) is 15.3 Å². The van der Waals surface area contributed by atoms with Crippen LogP contribution >= 0.6 is 22.7 Å². The summed E-state index contributed by atoms with van der Waals surface area (Å²) in [6, 6.07) is 9.62. The van der Waals surface area contributed by atoms with Crippen LogP contribution in [-0.4, -0.2) is 15.9 Å². The van der Waals surface area contributed by atoms with Gasteiger partial charge in [-0.2, -0.15) is 0 Å². The average Bonchev–Trinajstić information content (AvgIpc) is 3.25. The molecule has 1 amide bonds. The van der Waals surface area contributed by atoms with Crippen molar-refractivity contribution < 1.29 is 9.21 Å². The molecule has 4 rings (SSSR count). The van der Waals surface area contributed by atoms with Crippen LogP contribution in [0, 0.1) is 13.8 Å². The van der Waals surface area contributed by atoms with Gasteiger partial charge in [0, 0.05) is 4.88 Å². The summed E-state index contributed by atoms with van der Waals surface area (Å²) in [4.78, 5) is 22.3. The summed E-state index contributed by atoms with van der Waals surface area (Å²) >= 11 is 2.89. The summed E-state index contributed by atoms with van der Waals surface area (Å²) in [5.41, 5.74) is 2.42. The number of carbonyl (C=O) groups is 1. The Hall–Kier alpha value is -2.51. The number of para-hydroxylation sites is 1. The summed E-state index contributed by atoms with van der Waals surface area (Å²) < 4.78 is 6.40. The van der Waals surface area contributed by atoms with Crippen molar-refractivity contribution in [1.29, 1.82) is 0 Å². The van der Waals surface area contributed by atoms with Crippen LogP contribution in [0.3, 0.4) is 0 Å². The predicted octanol–water partition coefficient (Wildman–Crippen LogP) is 4.88. The smallest absolute Gasteiger partial charge is 0.277 e. The normalized spacial score (nSPS) is 11.1. The number of furan rings is 1. The van der Waals surface area contributed by atoms with Crippen LogP contribution in [0.2, 0.25) is 0 Å². The molecule has 7 heteroatoms. The molecule has 120 valence electrons. The van der Waals surface area contributed by atoms with E-state index in [9.17, 15) is 4.79 Å². The van der Waals surface area contributed by atoms with Crippen LogP contribution < -0.4 is 5.32 Å². The zero-order valence-electron chi connectivity index (χ0n) is 13.0. The van der Waals surface area contributed by atoms with Crippen LogP contribution in [0.4, 0.5) is 5.13 Å². The molecule has 0 saturated carbocycles. The van der Waals surface area contributed by atoms with Gasteiger partial charge in [0.1, 0.15) is 5.69 Å². The molecule has 24 heavy (non-hydrogen) atoms. The Labute approximate surface area is 146 Å². The fraction of sp³-hybridized carbons (Fsp3) is 0.118. The van der Waals surface area contributed by atoms with E-state index in [0.717, 1.165) is 20.7 Å². The van der Waals surface area contributed by atoms with Crippen LogP contribution in [0.1, 0.15) is 20.9 Å². The minimum absolute atomic E-state index is 0.252. The van der Waals surface area contributed by atoms with Crippen molar-refractivity contribution in [3.8, 4) is 10.8 Å². The van der Waals surface area contributed by atoms with Crippen molar-refractivity contribution >= 4 is 43.9 Å². The molecule has 0 radical (unpaired) electrons. The molecule has 3 aromatic heterocycles. The Morgan fingerprint density at radius 3 is 2.75 bits per heavy atom. The number of aryl methyl sites for hydroxylation is 2. The van der Waals surface area contributed by atoms with Crippen LogP contribution in [0.15, 0.2) is 41.0 Å².